The van der Waals surface area contributed by atoms with Crippen LogP contribution in [0.25, 0.3) is 16.7 Å². The highest BCUT2D eigenvalue weighted by Gasteiger charge is 2.19. The Balaban J connectivity index is 1.65. The lowest BCUT2D eigenvalue weighted by Gasteiger charge is -2.10. The fourth-order valence-electron chi connectivity index (χ4n) is 3.65. The number of H-pyrrole nitrogens is 1. The van der Waals surface area contributed by atoms with Crippen molar-refractivity contribution in [2.45, 2.75) is 19.8 Å². The average Bonchev–Trinajstić information content (AvgIpc) is 3.14. The SMILES string of the molecule is COc1ccc(NC(=O)CCc2c(C)c(C#N)c3[nH]c4ccccc4n3c2=O)cc1. The van der Waals surface area contributed by atoms with Crippen LogP contribution in [0.2, 0.25) is 0 Å². The average molecular weight is 400 g/mol. The molecule has 1 amide bonds. The number of hydrogen-bond donors (Lipinski definition) is 2. The van der Waals surface area contributed by atoms with Crippen LogP contribution in [-0.2, 0) is 11.2 Å². The van der Waals surface area contributed by atoms with Gasteiger partial charge in [-0.05, 0) is 55.3 Å². The van der Waals surface area contributed by atoms with Crippen molar-refractivity contribution in [2.24, 2.45) is 0 Å². The van der Waals surface area contributed by atoms with Gasteiger partial charge in [0.05, 0.1) is 23.7 Å². The van der Waals surface area contributed by atoms with Gasteiger partial charge >= 0.3 is 0 Å². The van der Waals surface area contributed by atoms with Crippen LogP contribution in [0.1, 0.15) is 23.1 Å². The van der Waals surface area contributed by atoms with Crippen LogP contribution >= 0.6 is 0 Å². The highest BCUT2D eigenvalue weighted by Crippen LogP contribution is 2.22. The van der Waals surface area contributed by atoms with Crippen LogP contribution in [0.3, 0.4) is 0 Å². The summed E-state index contributed by atoms with van der Waals surface area (Å²) in [7, 11) is 1.58. The molecular weight excluding hydrogens is 380 g/mol. The van der Waals surface area contributed by atoms with Crippen molar-refractivity contribution in [3.63, 3.8) is 0 Å². The minimum absolute atomic E-state index is 0.126. The Bertz CT molecular complexity index is 1360. The number of methoxy groups -OCH3 is 1. The maximum Gasteiger partial charge on any atom is 0.260 e. The quantitative estimate of drug-likeness (QED) is 0.535. The molecule has 0 aliphatic rings. The lowest BCUT2D eigenvalue weighted by molar-refractivity contribution is -0.116. The number of nitrogens with zero attached hydrogens (tertiary/aromatic N) is 2. The minimum Gasteiger partial charge on any atom is -0.497 e. The highest BCUT2D eigenvalue weighted by molar-refractivity contribution is 5.91. The first kappa shape index (κ1) is 19.3. The van der Waals surface area contributed by atoms with E-state index in [0.29, 0.717) is 39.3 Å². The second-order valence-electron chi connectivity index (χ2n) is 7.00. The number of rotatable bonds is 5. The number of carbonyl (C=O) groups is 1. The van der Waals surface area contributed by atoms with Gasteiger partial charge in [-0.2, -0.15) is 5.26 Å². The summed E-state index contributed by atoms with van der Waals surface area (Å²) in [6.07, 6.45) is 0.366. The van der Waals surface area contributed by atoms with Gasteiger partial charge in [-0.15, -0.1) is 0 Å². The third-order valence-corrected chi connectivity index (χ3v) is 5.23. The number of aromatic nitrogens is 2. The molecule has 4 rings (SSSR count). The summed E-state index contributed by atoms with van der Waals surface area (Å²) < 4.78 is 6.63. The monoisotopic (exact) mass is 400 g/mol. The van der Waals surface area contributed by atoms with Crippen molar-refractivity contribution in [3.05, 3.63) is 75.6 Å². The summed E-state index contributed by atoms with van der Waals surface area (Å²) >= 11 is 0. The van der Waals surface area contributed by atoms with Gasteiger partial charge in [0, 0.05) is 17.7 Å². The fourth-order valence-corrected chi connectivity index (χ4v) is 3.65. The van der Waals surface area contributed by atoms with Crippen molar-refractivity contribution in [3.8, 4) is 11.8 Å². The van der Waals surface area contributed by atoms with E-state index < -0.39 is 0 Å². The van der Waals surface area contributed by atoms with E-state index in [2.05, 4.69) is 16.4 Å². The summed E-state index contributed by atoms with van der Waals surface area (Å²) in [4.78, 5) is 28.8. The normalized spacial score (nSPS) is 10.8. The number of nitrogens with one attached hydrogen (secondary N) is 2. The van der Waals surface area contributed by atoms with Crippen molar-refractivity contribution in [2.75, 3.05) is 12.4 Å². The van der Waals surface area contributed by atoms with Crippen LogP contribution < -0.4 is 15.6 Å². The van der Waals surface area contributed by atoms with E-state index in [1.165, 1.54) is 4.40 Å². The van der Waals surface area contributed by atoms with Crippen molar-refractivity contribution in [1.29, 1.82) is 5.26 Å². The number of hydrogen-bond acceptors (Lipinski definition) is 4. The molecule has 0 aliphatic heterocycles. The van der Waals surface area contributed by atoms with E-state index in [1.54, 1.807) is 38.3 Å². The first-order valence-corrected chi connectivity index (χ1v) is 9.52. The summed E-state index contributed by atoms with van der Waals surface area (Å²) in [6.45, 7) is 1.75. The molecule has 0 fully saturated rings. The predicted molar refractivity (Wildman–Crippen MR) is 115 cm³/mol. The number of ether oxygens (including phenoxy) is 1. The van der Waals surface area contributed by atoms with Crippen LogP contribution in [0.4, 0.5) is 5.69 Å². The highest BCUT2D eigenvalue weighted by atomic mass is 16.5. The van der Waals surface area contributed by atoms with E-state index in [1.807, 2.05) is 24.3 Å². The molecule has 2 heterocycles. The first-order chi connectivity index (χ1) is 14.5. The molecule has 2 aromatic carbocycles. The second kappa shape index (κ2) is 7.76. The van der Waals surface area contributed by atoms with Gasteiger partial charge in [0.25, 0.3) is 5.56 Å². The zero-order valence-electron chi connectivity index (χ0n) is 16.7. The zero-order valence-corrected chi connectivity index (χ0v) is 16.7. The van der Waals surface area contributed by atoms with Gasteiger partial charge in [-0.1, -0.05) is 12.1 Å². The lowest BCUT2D eigenvalue weighted by Crippen LogP contribution is -2.22. The molecule has 7 heteroatoms. The van der Waals surface area contributed by atoms with E-state index in [-0.39, 0.29) is 24.3 Å². The lowest BCUT2D eigenvalue weighted by atomic mass is 10.0. The Labute approximate surface area is 172 Å². The molecule has 150 valence electrons. The molecule has 0 unspecified atom stereocenters. The van der Waals surface area contributed by atoms with Gasteiger partial charge < -0.3 is 15.0 Å². The minimum atomic E-state index is -0.212. The Morgan fingerprint density at radius 1 is 1.20 bits per heavy atom. The van der Waals surface area contributed by atoms with Gasteiger partial charge in [0.1, 0.15) is 17.5 Å². The van der Waals surface area contributed by atoms with E-state index in [0.717, 1.165) is 5.52 Å². The molecular formula is C23H20N4O3. The number of aromatic amines is 1. The van der Waals surface area contributed by atoms with E-state index in [9.17, 15) is 14.9 Å². The number of para-hydroxylation sites is 2. The Morgan fingerprint density at radius 2 is 1.93 bits per heavy atom. The van der Waals surface area contributed by atoms with Crippen LogP contribution in [0, 0.1) is 18.3 Å². The molecule has 0 saturated heterocycles. The smallest absolute Gasteiger partial charge is 0.260 e. The van der Waals surface area contributed by atoms with Crippen molar-refractivity contribution in [1.82, 2.24) is 9.38 Å². The van der Waals surface area contributed by atoms with Crippen molar-refractivity contribution >= 4 is 28.3 Å². The third-order valence-electron chi connectivity index (χ3n) is 5.23. The number of benzene rings is 2. The number of carbonyl (C=O) groups excluding carboxylic acids is 1. The van der Waals surface area contributed by atoms with Crippen LogP contribution in [0.5, 0.6) is 5.75 Å². The molecule has 0 spiro atoms. The third kappa shape index (κ3) is 3.29. The van der Waals surface area contributed by atoms with Crippen molar-refractivity contribution < 1.29 is 9.53 Å². The predicted octanol–water partition coefficient (Wildman–Crippen LogP) is 3.54. The topological polar surface area (TPSA) is 99.4 Å². The zero-order chi connectivity index (χ0) is 21.3. The Kier molecular flexibility index (Phi) is 4.98. The fraction of sp³-hybridized carbons (Fsp3) is 0.174. The summed E-state index contributed by atoms with van der Waals surface area (Å²) in [5.74, 6) is 0.495. The number of anilines is 1. The molecule has 0 saturated carbocycles. The number of pyridine rings is 1. The maximum atomic E-state index is 13.2. The number of nitriles is 1. The van der Waals surface area contributed by atoms with Gasteiger partial charge in [-0.3, -0.25) is 14.0 Å². The van der Waals surface area contributed by atoms with E-state index in [4.69, 9.17) is 4.74 Å². The van der Waals surface area contributed by atoms with Crippen LogP contribution in [0.15, 0.2) is 53.3 Å². The summed E-state index contributed by atoms with van der Waals surface area (Å²) in [5, 5.41) is 12.5. The van der Waals surface area contributed by atoms with Gasteiger partial charge in [0.15, 0.2) is 0 Å². The molecule has 0 bridgehead atoms. The Morgan fingerprint density at radius 3 is 2.63 bits per heavy atom. The molecule has 0 aliphatic carbocycles. The number of amides is 1. The summed E-state index contributed by atoms with van der Waals surface area (Å²) in [6, 6.07) is 16.6. The number of imidazole rings is 1. The number of fused-ring (bicyclic) bond motifs is 3. The van der Waals surface area contributed by atoms with E-state index >= 15 is 0 Å². The molecule has 2 aromatic heterocycles. The molecule has 30 heavy (non-hydrogen) atoms. The van der Waals surface area contributed by atoms with Crippen LogP contribution in [-0.4, -0.2) is 22.4 Å². The standard InChI is InChI=1S/C23H20N4O3/c1-14-17(11-12-21(28)25-15-7-9-16(30-2)10-8-15)23(29)27-20-6-4-3-5-19(20)26-22(27)18(14)13-24/h3-10,26H,11-12H2,1-2H3,(H,25,28). The maximum absolute atomic E-state index is 13.2. The van der Waals surface area contributed by atoms with Gasteiger partial charge in [0.2, 0.25) is 5.91 Å². The summed E-state index contributed by atoms with van der Waals surface area (Å²) in [5.41, 5.74) is 3.89. The molecule has 2 N–H and O–H groups in total. The molecule has 7 nitrogen and oxygen atoms in total. The molecule has 4 aromatic rings. The van der Waals surface area contributed by atoms with Gasteiger partial charge in [-0.25, -0.2) is 0 Å². The largest absolute Gasteiger partial charge is 0.497 e. The Hall–Kier alpha value is -4.05. The molecule has 0 radical (unpaired) electrons. The second-order valence-corrected chi connectivity index (χ2v) is 7.00. The molecule has 0 atom stereocenters. The first-order valence-electron chi connectivity index (χ1n) is 9.52.